The molecule has 0 bridgehead atoms. The van der Waals surface area contributed by atoms with Crippen LogP contribution in [0, 0.1) is 6.92 Å². The second kappa shape index (κ2) is 9.10. The van der Waals surface area contributed by atoms with Crippen LogP contribution in [0.2, 0.25) is 0 Å². The van der Waals surface area contributed by atoms with Gasteiger partial charge in [0.2, 0.25) is 5.91 Å². The van der Waals surface area contributed by atoms with Gasteiger partial charge in [-0.25, -0.2) is 9.97 Å². The third-order valence-electron chi connectivity index (χ3n) is 6.51. The van der Waals surface area contributed by atoms with Crippen molar-refractivity contribution < 1.29 is 9.59 Å². The summed E-state index contributed by atoms with van der Waals surface area (Å²) >= 11 is 0. The van der Waals surface area contributed by atoms with E-state index >= 15 is 0 Å². The number of carbonyl (C=O) groups excluding carboxylic acids is 2. The standard InChI is InChI=1S/C26H27N5O2/c1-18-21-16-23(32)31(14-7-10-19-8-3-2-4-9-19)25(21)29-24(28-18)20-12-15-30(17-20)26(33)22-11-5-6-13-27-22/h2-6,8-9,11,13,20H,7,10,12,14-17H2,1H3/t20-/m0/s1. The molecule has 1 fully saturated rings. The predicted molar refractivity (Wildman–Crippen MR) is 125 cm³/mol. The number of carbonyl (C=O) groups is 2. The minimum Gasteiger partial charge on any atom is -0.337 e. The molecule has 0 spiro atoms. The summed E-state index contributed by atoms with van der Waals surface area (Å²) in [4.78, 5) is 43.0. The fourth-order valence-electron chi connectivity index (χ4n) is 4.70. The van der Waals surface area contributed by atoms with Crippen LogP contribution in [0.1, 0.15) is 51.9 Å². The number of amides is 2. The van der Waals surface area contributed by atoms with E-state index in [9.17, 15) is 9.59 Å². The van der Waals surface area contributed by atoms with Crippen molar-refractivity contribution in [3.8, 4) is 0 Å². The van der Waals surface area contributed by atoms with Crippen molar-refractivity contribution in [2.75, 3.05) is 24.5 Å². The molecule has 4 heterocycles. The van der Waals surface area contributed by atoms with Gasteiger partial charge in [0.1, 0.15) is 17.3 Å². The number of aromatic nitrogens is 3. The van der Waals surface area contributed by atoms with Gasteiger partial charge < -0.3 is 4.90 Å². The van der Waals surface area contributed by atoms with E-state index in [0.717, 1.165) is 42.2 Å². The smallest absolute Gasteiger partial charge is 0.272 e. The van der Waals surface area contributed by atoms with E-state index in [4.69, 9.17) is 9.97 Å². The molecule has 1 aromatic carbocycles. The number of fused-ring (bicyclic) bond motifs is 1. The van der Waals surface area contributed by atoms with Gasteiger partial charge in [-0.3, -0.25) is 19.5 Å². The number of rotatable bonds is 6. The number of anilines is 1. The molecule has 0 N–H and O–H groups in total. The normalized spacial score (nSPS) is 17.5. The summed E-state index contributed by atoms with van der Waals surface area (Å²) in [5.41, 5.74) is 3.53. The lowest BCUT2D eigenvalue weighted by molar-refractivity contribution is -0.117. The SMILES string of the molecule is Cc1nc([C@H]2CCN(C(=O)c3ccccn3)C2)nc2c1CC(=O)N2CCCc1ccccc1. The Morgan fingerprint density at radius 1 is 1.09 bits per heavy atom. The van der Waals surface area contributed by atoms with Gasteiger partial charge in [-0.05, 0) is 43.9 Å². The third-order valence-corrected chi connectivity index (χ3v) is 6.51. The lowest BCUT2D eigenvalue weighted by atomic mass is 10.1. The molecule has 2 amide bonds. The van der Waals surface area contributed by atoms with Crippen molar-refractivity contribution >= 4 is 17.6 Å². The molecule has 2 aromatic heterocycles. The molecule has 0 saturated carbocycles. The van der Waals surface area contributed by atoms with Crippen LogP contribution in [-0.4, -0.2) is 51.3 Å². The van der Waals surface area contributed by atoms with E-state index in [1.165, 1.54) is 5.56 Å². The summed E-state index contributed by atoms with van der Waals surface area (Å²) < 4.78 is 0. The minimum absolute atomic E-state index is 0.0588. The first kappa shape index (κ1) is 21.2. The number of benzene rings is 1. The Hall–Kier alpha value is -3.61. The Balaban J connectivity index is 1.30. The summed E-state index contributed by atoms with van der Waals surface area (Å²) in [6.45, 7) is 3.82. The van der Waals surface area contributed by atoms with Crippen LogP contribution in [0.5, 0.6) is 0 Å². The average molecular weight is 442 g/mol. The Bertz CT molecular complexity index is 1170. The molecule has 5 rings (SSSR count). The Kier molecular flexibility index (Phi) is 5.86. The molecule has 1 atom stereocenters. The molecule has 1 saturated heterocycles. The minimum atomic E-state index is -0.0614. The molecule has 0 aliphatic carbocycles. The highest BCUT2D eigenvalue weighted by Crippen LogP contribution is 2.33. The Morgan fingerprint density at radius 3 is 2.70 bits per heavy atom. The second-order valence-electron chi connectivity index (χ2n) is 8.73. The van der Waals surface area contributed by atoms with Crippen LogP contribution in [0.15, 0.2) is 54.7 Å². The quantitative estimate of drug-likeness (QED) is 0.586. The van der Waals surface area contributed by atoms with E-state index in [1.807, 2.05) is 41.0 Å². The molecular weight excluding hydrogens is 414 g/mol. The summed E-state index contributed by atoms with van der Waals surface area (Å²) in [6.07, 6.45) is 4.60. The number of pyridine rings is 1. The molecule has 0 unspecified atom stereocenters. The van der Waals surface area contributed by atoms with Crippen molar-refractivity contribution in [2.45, 2.75) is 38.5 Å². The van der Waals surface area contributed by atoms with Crippen molar-refractivity contribution in [2.24, 2.45) is 0 Å². The van der Waals surface area contributed by atoms with E-state index < -0.39 is 0 Å². The molecule has 7 nitrogen and oxygen atoms in total. The molecule has 2 aliphatic rings. The molecule has 168 valence electrons. The van der Waals surface area contributed by atoms with Gasteiger partial charge in [-0.2, -0.15) is 0 Å². The lowest BCUT2D eigenvalue weighted by Crippen LogP contribution is -2.30. The van der Waals surface area contributed by atoms with E-state index in [1.54, 1.807) is 18.3 Å². The zero-order valence-electron chi connectivity index (χ0n) is 18.8. The van der Waals surface area contributed by atoms with Gasteiger partial charge in [-0.1, -0.05) is 36.4 Å². The van der Waals surface area contributed by atoms with Crippen molar-refractivity contribution in [1.82, 2.24) is 19.9 Å². The van der Waals surface area contributed by atoms with Crippen LogP contribution >= 0.6 is 0 Å². The first-order valence-corrected chi connectivity index (χ1v) is 11.5. The topological polar surface area (TPSA) is 79.3 Å². The van der Waals surface area contributed by atoms with E-state index in [0.29, 0.717) is 31.7 Å². The predicted octanol–water partition coefficient (Wildman–Crippen LogP) is 3.33. The maximum Gasteiger partial charge on any atom is 0.272 e. The van der Waals surface area contributed by atoms with Gasteiger partial charge in [0, 0.05) is 43.0 Å². The van der Waals surface area contributed by atoms with Crippen molar-refractivity contribution in [3.05, 3.63) is 83.1 Å². The summed E-state index contributed by atoms with van der Waals surface area (Å²) in [7, 11) is 0. The summed E-state index contributed by atoms with van der Waals surface area (Å²) in [5.74, 6) is 1.57. The van der Waals surface area contributed by atoms with Gasteiger partial charge >= 0.3 is 0 Å². The fraction of sp³-hybridized carbons (Fsp3) is 0.346. The van der Waals surface area contributed by atoms with Gasteiger partial charge in [-0.15, -0.1) is 0 Å². The zero-order chi connectivity index (χ0) is 22.8. The fourth-order valence-corrected chi connectivity index (χ4v) is 4.70. The largest absolute Gasteiger partial charge is 0.337 e. The summed E-state index contributed by atoms with van der Waals surface area (Å²) in [6, 6.07) is 15.7. The Labute approximate surface area is 193 Å². The maximum atomic E-state index is 12.8. The number of nitrogens with zero attached hydrogens (tertiary/aromatic N) is 5. The number of aryl methyl sites for hydroxylation is 2. The van der Waals surface area contributed by atoms with Crippen LogP contribution in [-0.2, 0) is 17.6 Å². The maximum absolute atomic E-state index is 12.8. The van der Waals surface area contributed by atoms with Gasteiger partial charge in [0.15, 0.2) is 0 Å². The second-order valence-corrected chi connectivity index (χ2v) is 8.73. The first-order valence-electron chi connectivity index (χ1n) is 11.5. The molecule has 7 heteroatoms. The highest BCUT2D eigenvalue weighted by Gasteiger charge is 2.35. The van der Waals surface area contributed by atoms with Gasteiger partial charge in [0.05, 0.1) is 6.42 Å². The molecule has 2 aliphatic heterocycles. The van der Waals surface area contributed by atoms with Gasteiger partial charge in [0.25, 0.3) is 5.91 Å². The zero-order valence-corrected chi connectivity index (χ0v) is 18.8. The van der Waals surface area contributed by atoms with Crippen LogP contribution in [0.4, 0.5) is 5.82 Å². The third kappa shape index (κ3) is 4.35. The molecule has 33 heavy (non-hydrogen) atoms. The highest BCUT2D eigenvalue weighted by molar-refractivity contribution is 6.00. The van der Waals surface area contributed by atoms with Crippen molar-refractivity contribution in [3.63, 3.8) is 0 Å². The van der Waals surface area contributed by atoms with E-state index in [-0.39, 0.29) is 17.7 Å². The monoisotopic (exact) mass is 441 g/mol. The number of likely N-dealkylation sites (tertiary alicyclic amines) is 1. The lowest BCUT2D eigenvalue weighted by Gasteiger charge is -2.19. The van der Waals surface area contributed by atoms with Crippen LogP contribution in [0.3, 0.4) is 0 Å². The molecular formula is C26H27N5O2. The molecule has 3 aromatic rings. The summed E-state index contributed by atoms with van der Waals surface area (Å²) in [5, 5.41) is 0. The van der Waals surface area contributed by atoms with Crippen LogP contribution < -0.4 is 4.90 Å². The molecule has 0 radical (unpaired) electrons. The average Bonchev–Trinajstić information content (AvgIpc) is 3.46. The van der Waals surface area contributed by atoms with Crippen LogP contribution in [0.25, 0.3) is 0 Å². The van der Waals surface area contributed by atoms with E-state index in [2.05, 4.69) is 17.1 Å². The number of hydrogen-bond donors (Lipinski definition) is 0. The number of hydrogen-bond acceptors (Lipinski definition) is 5. The highest BCUT2D eigenvalue weighted by atomic mass is 16.2. The Morgan fingerprint density at radius 2 is 1.91 bits per heavy atom. The van der Waals surface area contributed by atoms with Crippen molar-refractivity contribution in [1.29, 1.82) is 0 Å². The first-order chi connectivity index (χ1) is 16.1.